The third kappa shape index (κ3) is 2.81. The van der Waals surface area contributed by atoms with Crippen LogP contribution in [0, 0.1) is 0 Å². The molecule has 0 saturated carbocycles. The van der Waals surface area contributed by atoms with E-state index in [1.165, 1.54) is 16.7 Å². The topological polar surface area (TPSA) is 49.1 Å². The highest BCUT2D eigenvalue weighted by atomic mass is 19.4. The van der Waals surface area contributed by atoms with Gasteiger partial charge in [0.25, 0.3) is 5.56 Å². The lowest BCUT2D eigenvalue weighted by Gasteiger charge is -2.11. The summed E-state index contributed by atoms with van der Waals surface area (Å²) in [6, 6.07) is 5.09. The molecule has 2 aromatic heterocycles. The molecule has 0 fully saturated rings. The van der Waals surface area contributed by atoms with Crippen molar-refractivity contribution in [2.45, 2.75) is 6.36 Å². The zero-order valence-corrected chi connectivity index (χ0v) is 12.3. The van der Waals surface area contributed by atoms with Crippen LogP contribution in [0.1, 0.15) is 0 Å². The summed E-state index contributed by atoms with van der Waals surface area (Å²) in [7, 11) is 3.62. The number of hydrogen-bond acceptors (Lipinski definition) is 3. The van der Waals surface area contributed by atoms with E-state index >= 15 is 0 Å². The first-order valence-corrected chi connectivity index (χ1v) is 6.66. The highest BCUT2D eigenvalue weighted by Crippen LogP contribution is 2.23. The molecule has 0 saturated heterocycles. The summed E-state index contributed by atoms with van der Waals surface area (Å²) in [4.78, 5) is 16.6. The first-order valence-electron chi connectivity index (χ1n) is 6.66. The van der Waals surface area contributed by atoms with Gasteiger partial charge < -0.3 is 9.30 Å². The van der Waals surface area contributed by atoms with Crippen molar-refractivity contribution in [2.75, 3.05) is 0 Å². The Labute approximate surface area is 129 Å². The molecule has 3 rings (SSSR count). The minimum Gasteiger partial charge on any atom is -0.406 e. The Kier molecular flexibility index (Phi) is 3.43. The highest BCUT2D eigenvalue weighted by Gasteiger charge is 2.31. The number of alkyl halides is 3. The summed E-state index contributed by atoms with van der Waals surface area (Å²) in [6.07, 6.45) is -1.57. The SMILES string of the molecule is Bc1cn(-c2ccc(OC(F)(F)F)cc2)c(=O)c2ncn(C)c12. The summed E-state index contributed by atoms with van der Waals surface area (Å²) in [6.45, 7) is 0. The number of nitrogens with zero attached hydrogens (tertiary/aromatic N) is 3. The van der Waals surface area contributed by atoms with Crippen LogP contribution in [0.2, 0.25) is 0 Å². The molecular formula is C14H11BF3N3O2. The lowest BCUT2D eigenvalue weighted by molar-refractivity contribution is -0.274. The lowest BCUT2D eigenvalue weighted by Crippen LogP contribution is -2.25. The van der Waals surface area contributed by atoms with Gasteiger partial charge >= 0.3 is 6.36 Å². The third-order valence-electron chi connectivity index (χ3n) is 3.40. The molecule has 1 aromatic carbocycles. The van der Waals surface area contributed by atoms with Gasteiger partial charge in [-0.25, -0.2) is 4.98 Å². The number of aromatic nitrogens is 3. The molecule has 118 valence electrons. The van der Waals surface area contributed by atoms with Crippen LogP contribution in [0.4, 0.5) is 13.2 Å². The lowest BCUT2D eigenvalue weighted by atomic mass is 9.96. The van der Waals surface area contributed by atoms with E-state index in [4.69, 9.17) is 0 Å². The molecule has 0 N–H and O–H groups in total. The molecule has 0 aliphatic heterocycles. The molecule has 5 nitrogen and oxygen atoms in total. The molecule has 0 spiro atoms. The van der Waals surface area contributed by atoms with Crippen LogP contribution in [0.25, 0.3) is 16.7 Å². The maximum absolute atomic E-state index is 12.5. The number of imidazole rings is 1. The third-order valence-corrected chi connectivity index (χ3v) is 3.40. The highest BCUT2D eigenvalue weighted by molar-refractivity contribution is 6.37. The van der Waals surface area contributed by atoms with Crippen molar-refractivity contribution in [1.29, 1.82) is 0 Å². The van der Waals surface area contributed by atoms with Crippen LogP contribution < -0.4 is 15.8 Å². The van der Waals surface area contributed by atoms with Crippen molar-refractivity contribution < 1.29 is 17.9 Å². The molecule has 0 bridgehead atoms. The molecule has 0 aliphatic carbocycles. The molecule has 0 radical (unpaired) electrons. The number of aryl methyl sites for hydroxylation is 1. The molecule has 23 heavy (non-hydrogen) atoms. The Morgan fingerprint density at radius 2 is 1.87 bits per heavy atom. The maximum Gasteiger partial charge on any atom is 0.573 e. The van der Waals surface area contributed by atoms with Crippen LogP contribution in [-0.2, 0) is 7.05 Å². The number of hydrogen-bond donors (Lipinski definition) is 0. The fraction of sp³-hybridized carbons (Fsp3) is 0.143. The van der Waals surface area contributed by atoms with Gasteiger partial charge in [0, 0.05) is 18.9 Å². The molecule has 0 amide bonds. The summed E-state index contributed by atoms with van der Waals surface area (Å²) < 4.78 is 43.4. The van der Waals surface area contributed by atoms with Gasteiger partial charge in [0.05, 0.1) is 11.8 Å². The van der Waals surface area contributed by atoms with Gasteiger partial charge in [-0.2, -0.15) is 0 Å². The number of ether oxygens (including phenoxy) is 1. The number of benzene rings is 1. The molecule has 3 aromatic rings. The van der Waals surface area contributed by atoms with Crippen molar-refractivity contribution in [3.8, 4) is 11.4 Å². The Hall–Kier alpha value is -2.71. The van der Waals surface area contributed by atoms with E-state index < -0.39 is 6.36 Å². The second kappa shape index (κ2) is 5.18. The van der Waals surface area contributed by atoms with Gasteiger partial charge in [-0.1, -0.05) is 0 Å². The fourth-order valence-electron chi connectivity index (χ4n) is 2.48. The van der Waals surface area contributed by atoms with Crippen LogP contribution in [0.15, 0.2) is 41.6 Å². The summed E-state index contributed by atoms with van der Waals surface area (Å²) in [5.74, 6) is -0.343. The molecule has 9 heteroatoms. The van der Waals surface area contributed by atoms with Gasteiger partial charge in [0.1, 0.15) is 13.6 Å². The average Bonchev–Trinajstić information content (AvgIpc) is 2.85. The Morgan fingerprint density at radius 1 is 1.22 bits per heavy atom. The molecule has 0 aliphatic rings. The monoisotopic (exact) mass is 321 g/mol. The van der Waals surface area contributed by atoms with Crippen LogP contribution in [0.3, 0.4) is 0 Å². The largest absolute Gasteiger partial charge is 0.573 e. The van der Waals surface area contributed by atoms with Crippen molar-refractivity contribution in [3.63, 3.8) is 0 Å². The second-order valence-electron chi connectivity index (χ2n) is 5.08. The maximum atomic E-state index is 12.5. The van der Waals surface area contributed by atoms with Crippen molar-refractivity contribution in [2.24, 2.45) is 7.05 Å². The zero-order valence-electron chi connectivity index (χ0n) is 12.3. The predicted molar refractivity (Wildman–Crippen MR) is 81.2 cm³/mol. The number of fused-ring (bicyclic) bond motifs is 1. The van der Waals surface area contributed by atoms with Gasteiger partial charge in [0.2, 0.25) is 0 Å². The van der Waals surface area contributed by atoms with Gasteiger partial charge in [-0.3, -0.25) is 9.36 Å². The van der Waals surface area contributed by atoms with E-state index in [-0.39, 0.29) is 11.3 Å². The standard InChI is InChI=1S/C14H11BF3N3O2/c1-20-7-19-11-12(20)10(15)6-21(13(11)22)8-2-4-9(5-3-8)23-14(16,17)18/h2-7H,15H2,1H3. The van der Waals surface area contributed by atoms with E-state index in [2.05, 4.69) is 9.72 Å². The molecule has 0 unspecified atom stereocenters. The summed E-state index contributed by atoms with van der Waals surface area (Å²) in [5.41, 5.74) is 1.96. The number of rotatable bonds is 2. The van der Waals surface area contributed by atoms with E-state index in [1.807, 2.05) is 7.85 Å². The van der Waals surface area contributed by atoms with Crippen LogP contribution in [0.5, 0.6) is 5.75 Å². The Bertz CT molecular complexity index is 929. The first kappa shape index (κ1) is 15.2. The smallest absolute Gasteiger partial charge is 0.406 e. The van der Waals surface area contributed by atoms with E-state index in [0.717, 1.165) is 23.1 Å². The zero-order chi connectivity index (χ0) is 16.8. The Morgan fingerprint density at radius 3 is 2.48 bits per heavy atom. The normalized spacial score (nSPS) is 11.8. The molecule has 2 heterocycles. The van der Waals surface area contributed by atoms with Crippen molar-refractivity contribution in [1.82, 2.24) is 14.1 Å². The fourth-order valence-corrected chi connectivity index (χ4v) is 2.48. The number of halogens is 3. The minimum absolute atomic E-state index is 0.308. The van der Waals surface area contributed by atoms with Gasteiger partial charge in [-0.15, -0.1) is 13.2 Å². The number of pyridine rings is 1. The van der Waals surface area contributed by atoms with Crippen LogP contribution >= 0.6 is 0 Å². The molecule has 0 atom stereocenters. The minimum atomic E-state index is -4.75. The van der Waals surface area contributed by atoms with E-state index in [1.54, 1.807) is 24.1 Å². The summed E-state index contributed by atoms with van der Waals surface area (Å²) in [5, 5.41) is 0. The molecular weight excluding hydrogens is 310 g/mol. The second-order valence-corrected chi connectivity index (χ2v) is 5.08. The van der Waals surface area contributed by atoms with Gasteiger partial charge in [-0.05, 0) is 29.7 Å². The average molecular weight is 321 g/mol. The quantitative estimate of drug-likeness (QED) is 0.659. The van der Waals surface area contributed by atoms with Crippen molar-refractivity contribution >= 4 is 24.3 Å². The van der Waals surface area contributed by atoms with E-state index in [0.29, 0.717) is 11.2 Å². The van der Waals surface area contributed by atoms with Crippen LogP contribution in [-0.4, -0.2) is 28.3 Å². The van der Waals surface area contributed by atoms with Crippen molar-refractivity contribution in [3.05, 3.63) is 47.1 Å². The van der Waals surface area contributed by atoms with E-state index in [9.17, 15) is 18.0 Å². The Balaban J connectivity index is 2.07. The first-order chi connectivity index (χ1) is 10.8. The summed E-state index contributed by atoms with van der Waals surface area (Å²) >= 11 is 0. The predicted octanol–water partition coefficient (Wildman–Crippen LogP) is 0.881. The van der Waals surface area contributed by atoms with Gasteiger partial charge in [0.15, 0.2) is 5.52 Å².